The Morgan fingerprint density at radius 3 is 2.87 bits per heavy atom. The average molecular weight is 243 g/mol. The van der Waals surface area contributed by atoms with E-state index in [4.69, 9.17) is 22.1 Å². The fourth-order valence-electron chi connectivity index (χ4n) is 1.33. The van der Waals surface area contributed by atoms with Crippen LogP contribution in [0.4, 0.5) is 0 Å². The lowest BCUT2D eigenvalue weighted by Gasteiger charge is -2.00. The molecule has 0 amide bonds. The van der Waals surface area contributed by atoms with Gasteiger partial charge in [-0.05, 0) is 13.0 Å². The van der Waals surface area contributed by atoms with Gasteiger partial charge in [-0.25, -0.2) is 4.98 Å². The number of methoxy groups -OCH3 is 1. The number of fused-ring (bicyclic) bond motifs is 1. The van der Waals surface area contributed by atoms with Crippen molar-refractivity contribution in [3.05, 3.63) is 22.2 Å². The van der Waals surface area contributed by atoms with Gasteiger partial charge >= 0.3 is 0 Å². The van der Waals surface area contributed by atoms with Crippen LogP contribution in [0.25, 0.3) is 10.2 Å². The van der Waals surface area contributed by atoms with E-state index in [0.29, 0.717) is 10.8 Å². The summed E-state index contributed by atoms with van der Waals surface area (Å²) in [5.74, 6) is 0.695. The van der Waals surface area contributed by atoms with Crippen molar-refractivity contribution < 1.29 is 4.74 Å². The normalized spacial score (nSPS) is 13.1. The minimum absolute atomic E-state index is 0.0640. The van der Waals surface area contributed by atoms with E-state index in [1.165, 1.54) is 0 Å². The van der Waals surface area contributed by atoms with Crippen molar-refractivity contribution in [2.45, 2.75) is 13.0 Å². The van der Waals surface area contributed by atoms with Gasteiger partial charge in [0.15, 0.2) is 0 Å². The molecule has 0 fully saturated rings. The first kappa shape index (κ1) is 10.7. The van der Waals surface area contributed by atoms with Crippen molar-refractivity contribution in [2.75, 3.05) is 7.11 Å². The second-order valence-electron chi connectivity index (χ2n) is 3.30. The molecular weight excluding hydrogens is 232 g/mol. The summed E-state index contributed by atoms with van der Waals surface area (Å²) < 4.78 is 6.23. The highest BCUT2D eigenvalue weighted by Crippen LogP contribution is 2.34. The van der Waals surface area contributed by atoms with E-state index in [-0.39, 0.29) is 6.04 Å². The number of ether oxygens (including phenoxy) is 1. The first-order chi connectivity index (χ1) is 7.11. The quantitative estimate of drug-likeness (QED) is 0.881. The van der Waals surface area contributed by atoms with E-state index in [1.54, 1.807) is 24.5 Å². The highest BCUT2D eigenvalue weighted by molar-refractivity contribution is 7.18. The van der Waals surface area contributed by atoms with Crippen LogP contribution in [-0.2, 0) is 0 Å². The molecular formula is C10H11ClN2OS. The summed E-state index contributed by atoms with van der Waals surface area (Å²) in [5.41, 5.74) is 6.61. The second kappa shape index (κ2) is 3.96. The summed E-state index contributed by atoms with van der Waals surface area (Å²) in [7, 11) is 1.61. The molecule has 0 aliphatic carbocycles. The van der Waals surface area contributed by atoms with Crippen LogP contribution in [0, 0.1) is 0 Å². The first-order valence-corrected chi connectivity index (χ1v) is 5.71. The van der Waals surface area contributed by atoms with E-state index in [0.717, 1.165) is 15.2 Å². The Morgan fingerprint density at radius 1 is 1.53 bits per heavy atom. The molecule has 1 heterocycles. The molecule has 0 saturated carbocycles. The topological polar surface area (TPSA) is 48.1 Å². The van der Waals surface area contributed by atoms with Gasteiger partial charge in [-0.1, -0.05) is 11.6 Å². The fourth-order valence-corrected chi connectivity index (χ4v) is 2.58. The third-order valence-corrected chi connectivity index (χ3v) is 3.47. The Hall–Kier alpha value is -0.840. The molecule has 2 rings (SSSR count). The standard InChI is InChI=1S/C10H11ClN2OS/c1-5(12)10-13-9-7(14-2)3-6(11)4-8(9)15-10/h3-5H,12H2,1-2H3. The number of benzene rings is 1. The van der Waals surface area contributed by atoms with Gasteiger partial charge in [-0.3, -0.25) is 0 Å². The predicted octanol–water partition coefficient (Wildman–Crippen LogP) is 2.98. The molecule has 0 saturated heterocycles. The molecule has 1 unspecified atom stereocenters. The number of hydrogen-bond donors (Lipinski definition) is 1. The monoisotopic (exact) mass is 242 g/mol. The molecule has 1 aromatic heterocycles. The van der Waals surface area contributed by atoms with Crippen LogP contribution in [-0.4, -0.2) is 12.1 Å². The van der Waals surface area contributed by atoms with Crippen LogP contribution in [0.5, 0.6) is 5.75 Å². The zero-order valence-corrected chi connectivity index (χ0v) is 10.0. The van der Waals surface area contributed by atoms with Gasteiger partial charge in [-0.15, -0.1) is 11.3 Å². The van der Waals surface area contributed by atoms with Crippen molar-refractivity contribution in [3.8, 4) is 5.75 Å². The Labute approximate surface area is 96.8 Å². The number of rotatable bonds is 2. The van der Waals surface area contributed by atoms with Crippen LogP contribution in [0.3, 0.4) is 0 Å². The van der Waals surface area contributed by atoms with Gasteiger partial charge in [0.1, 0.15) is 16.3 Å². The zero-order valence-electron chi connectivity index (χ0n) is 8.45. The molecule has 1 aromatic carbocycles. The molecule has 15 heavy (non-hydrogen) atoms. The van der Waals surface area contributed by atoms with Gasteiger partial charge in [-0.2, -0.15) is 0 Å². The average Bonchev–Trinajstić information content (AvgIpc) is 2.59. The summed E-state index contributed by atoms with van der Waals surface area (Å²) in [5, 5.41) is 1.55. The largest absolute Gasteiger partial charge is 0.494 e. The maximum atomic E-state index is 5.96. The number of thiazole rings is 1. The number of halogens is 1. The van der Waals surface area contributed by atoms with Crippen molar-refractivity contribution in [2.24, 2.45) is 5.73 Å². The number of aromatic nitrogens is 1. The molecule has 5 heteroatoms. The van der Waals surface area contributed by atoms with E-state index in [9.17, 15) is 0 Å². The minimum atomic E-state index is -0.0640. The zero-order chi connectivity index (χ0) is 11.0. The van der Waals surface area contributed by atoms with Gasteiger partial charge in [0.2, 0.25) is 0 Å². The first-order valence-electron chi connectivity index (χ1n) is 4.51. The summed E-state index contributed by atoms with van der Waals surface area (Å²) in [6.45, 7) is 1.91. The minimum Gasteiger partial charge on any atom is -0.494 e. The molecule has 1 atom stereocenters. The Bertz CT molecular complexity index is 495. The van der Waals surface area contributed by atoms with Gasteiger partial charge < -0.3 is 10.5 Å². The summed E-state index contributed by atoms with van der Waals surface area (Å²) in [4.78, 5) is 4.43. The SMILES string of the molecule is COc1cc(Cl)cc2sc(C(C)N)nc12. The highest BCUT2D eigenvalue weighted by atomic mass is 35.5. The number of hydrogen-bond acceptors (Lipinski definition) is 4. The molecule has 80 valence electrons. The smallest absolute Gasteiger partial charge is 0.147 e. The summed E-state index contributed by atoms with van der Waals surface area (Å²) in [6.07, 6.45) is 0. The molecule has 0 radical (unpaired) electrons. The predicted molar refractivity (Wildman–Crippen MR) is 63.8 cm³/mol. The molecule has 0 aliphatic heterocycles. The lowest BCUT2D eigenvalue weighted by atomic mass is 10.3. The van der Waals surface area contributed by atoms with Crippen LogP contribution >= 0.6 is 22.9 Å². The molecule has 0 aliphatic rings. The highest BCUT2D eigenvalue weighted by Gasteiger charge is 2.12. The van der Waals surface area contributed by atoms with Crippen LogP contribution < -0.4 is 10.5 Å². The van der Waals surface area contributed by atoms with E-state index >= 15 is 0 Å². The van der Waals surface area contributed by atoms with Crippen LogP contribution in [0.15, 0.2) is 12.1 Å². The van der Waals surface area contributed by atoms with Crippen molar-refractivity contribution in [3.63, 3.8) is 0 Å². The van der Waals surface area contributed by atoms with E-state index in [2.05, 4.69) is 4.98 Å². The van der Waals surface area contributed by atoms with Gasteiger partial charge in [0.25, 0.3) is 0 Å². The van der Waals surface area contributed by atoms with Gasteiger partial charge in [0, 0.05) is 11.1 Å². The Kier molecular flexibility index (Phi) is 2.82. The Morgan fingerprint density at radius 2 is 2.27 bits per heavy atom. The second-order valence-corrected chi connectivity index (χ2v) is 4.79. The van der Waals surface area contributed by atoms with Crippen LogP contribution in [0.2, 0.25) is 5.02 Å². The lowest BCUT2D eigenvalue weighted by molar-refractivity contribution is 0.419. The third kappa shape index (κ3) is 1.93. The summed E-state index contributed by atoms with van der Waals surface area (Å²) >= 11 is 7.51. The number of nitrogens with two attached hydrogens (primary N) is 1. The maximum Gasteiger partial charge on any atom is 0.147 e. The van der Waals surface area contributed by atoms with Gasteiger partial charge in [0.05, 0.1) is 17.9 Å². The third-order valence-electron chi connectivity index (χ3n) is 2.05. The molecule has 3 nitrogen and oxygen atoms in total. The fraction of sp³-hybridized carbons (Fsp3) is 0.300. The van der Waals surface area contributed by atoms with E-state index in [1.807, 2.05) is 13.0 Å². The molecule has 2 N–H and O–H groups in total. The van der Waals surface area contributed by atoms with Crippen molar-refractivity contribution in [1.29, 1.82) is 0 Å². The number of nitrogens with zero attached hydrogens (tertiary/aromatic N) is 1. The maximum absolute atomic E-state index is 5.96. The molecule has 2 aromatic rings. The molecule has 0 spiro atoms. The lowest BCUT2D eigenvalue weighted by Crippen LogP contribution is -2.03. The Balaban J connectivity index is 2.68. The summed E-state index contributed by atoms with van der Waals surface area (Å²) in [6, 6.07) is 3.57. The van der Waals surface area contributed by atoms with Crippen LogP contribution in [0.1, 0.15) is 18.0 Å². The molecule has 0 bridgehead atoms. The van der Waals surface area contributed by atoms with Crippen molar-refractivity contribution >= 4 is 33.2 Å². The van der Waals surface area contributed by atoms with Crippen molar-refractivity contribution in [1.82, 2.24) is 4.98 Å². The van der Waals surface area contributed by atoms with E-state index < -0.39 is 0 Å².